The van der Waals surface area contributed by atoms with Crippen LogP contribution in [0.1, 0.15) is 45.6 Å². The SMILES string of the molecule is CNC(=O)Nc1ccc(-c2nc(N3CC4CCC(C3)O4)c3cnn(C4CCN(C(=O)C(C)C)CC4)c3n2)cc1. The number of ether oxygens (including phenoxy) is 1. The van der Waals surface area contributed by atoms with Gasteiger partial charge in [-0.15, -0.1) is 0 Å². The van der Waals surface area contributed by atoms with E-state index in [9.17, 15) is 9.59 Å². The van der Waals surface area contributed by atoms with E-state index in [4.69, 9.17) is 19.8 Å². The third kappa shape index (κ3) is 5.03. The molecule has 3 aromatic rings. The fourth-order valence-corrected chi connectivity index (χ4v) is 5.93. The average molecular weight is 533 g/mol. The summed E-state index contributed by atoms with van der Waals surface area (Å²) in [4.78, 5) is 38.6. The highest BCUT2D eigenvalue weighted by atomic mass is 16.5. The minimum atomic E-state index is -0.269. The van der Waals surface area contributed by atoms with Gasteiger partial charge in [-0.25, -0.2) is 19.4 Å². The van der Waals surface area contributed by atoms with Crippen molar-refractivity contribution in [3.05, 3.63) is 30.5 Å². The lowest BCUT2D eigenvalue weighted by Gasteiger charge is -2.34. The first-order valence-corrected chi connectivity index (χ1v) is 13.9. The largest absolute Gasteiger partial charge is 0.371 e. The number of fused-ring (bicyclic) bond motifs is 3. The van der Waals surface area contributed by atoms with Crippen LogP contribution in [-0.4, -0.2) is 82.0 Å². The van der Waals surface area contributed by atoms with Crippen LogP contribution in [0.25, 0.3) is 22.4 Å². The fourth-order valence-electron chi connectivity index (χ4n) is 5.93. The van der Waals surface area contributed by atoms with Crippen molar-refractivity contribution in [2.75, 3.05) is 43.4 Å². The molecule has 5 heterocycles. The van der Waals surface area contributed by atoms with E-state index in [2.05, 4.69) is 15.5 Å². The number of carbonyl (C=O) groups is 2. The zero-order valence-corrected chi connectivity index (χ0v) is 22.8. The lowest BCUT2D eigenvalue weighted by Crippen LogP contribution is -2.43. The molecular formula is C28H36N8O3. The Morgan fingerprint density at radius 3 is 2.33 bits per heavy atom. The predicted octanol–water partition coefficient (Wildman–Crippen LogP) is 3.43. The number of urea groups is 1. The molecule has 2 bridgehead atoms. The van der Waals surface area contributed by atoms with Crippen molar-refractivity contribution in [2.24, 2.45) is 5.92 Å². The van der Waals surface area contributed by atoms with Gasteiger partial charge < -0.3 is 25.2 Å². The zero-order valence-electron chi connectivity index (χ0n) is 22.8. The monoisotopic (exact) mass is 532 g/mol. The van der Waals surface area contributed by atoms with Crippen molar-refractivity contribution in [1.29, 1.82) is 0 Å². The van der Waals surface area contributed by atoms with Crippen LogP contribution in [0, 0.1) is 5.92 Å². The average Bonchev–Trinajstić information content (AvgIpc) is 3.54. The van der Waals surface area contributed by atoms with Crippen LogP contribution in [0.15, 0.2) is 30.5 Å². The van der Waals surface area contributed by atoms with Gasteiger partial charge >= 0.3 is 6.03 Å². The van der Waals surface area contributed by atoms with Crippen LogP contribution in [0.5, 0.6) is 0 Å². The Labute approximate surface area is 227 Å². The predicted molar refractivity (Wildman–Crippen MR) is 149 cm³/mol. The van der Waals surface area contributed by atoms with Crippen LogP contribution in [0.4, 0.5) is 16.3 Å². The van der Waals surface area contributed by atoms with Gasteiger partial charge in [-0.3, -0.25) is 4.79 Å². The van der Waals surface area contributed by atoms with Crippen LogP contribution in [0.2, 0.25) is 0 Å². The van der Waals surface area contributed by atoms with Crippen molar-refractivity contribution in [1.82, 2.24) is 30.0 Å². The molecule has 3 aliphatic rings. The number of morpholine rings is 1. The highest BCUT2D eigenvalue weighted by Crippen LogP contribution is 2.35. The highest BCUT2D eigenvalue weighted by Gasteiger charge is 2.36. The first-order valence-electron chi connectivity index (χ1n) is 13.9. The van der Waals surface area contributed by atoms with E-state index in [1.54, 1.807) is 7.05 Å². The Balaban J connectivity index is 1.35. The van der Waals surface area contributed by atoms with Crippen molar-refractivity contribution in [3.8, 4) is 11.4 Å². The number of amides is 3. The molecule has 11 heteroatoms. The minimum absolute atomic E-state index is 0.00620. The number of carbonyl (C=O) groups excluding carboxylic acids is 2. The number of hydrogen-bond donors (Lipinski definition) is 2. The molecule has 3 aliphatic heterocycles. The van der Waals surface area contributed by atoms with Gasteiger partial charge in [0.25, 0.3) is 0 Å². The summed E-state index contributed by atoms with van der Waals surface area (Å²) in [7, 11) is 1.58. The van der Waals surface area contributed by atoms with Gasteiger partial charge in [-0.2, -0.15) is 5.10 Å². The molecule has 3 amide bonds. The number of nitrogens with zero attached hydrogens (tertiary/aromatic N) is 6. The lowest BCUT2D eigenvalue weighted by atomic mass is 10.0. The Kier molecular flexibility index (Phi) is 6.84. The summed E-state index contributed by atoms with van der Waals surface area (Å²) in [6, 6.07) is 7.45. The summed E-state index contributed by atoms with van der Waals surface area (Å²) < 4.78 is 8.14. The lowest BCUT2D eigenvalue weighted by molar-refractivity contribution is -0.135. The molecule has 2 N–H and O–H groups in total. The molecular weight excluding hydrogens is 496 g/mol. The van der Waals surface area contributed by atoms with Crippen LogP contribution < -0.4 is 15.5 Å². The second-order valence-corrected chi connectivity index (χ2v) is 11.1. The van der Waals surface area contributed by atoms with Gasteiger partial charge in [0.1, 0.15) is 5.82 Å². The summed E-state index contributed by atoms with van der Waals surface area (Å²) in [5.74, 6) is 1.73. The number of nitrogens with one attached hydrogen (secondary N) is 2. The molecule has 0 saturated carbocycles. The van der Waals surface area contributed by atoms with Crippen LogP contribution in [-0.2, 0) is 9.53 Å². The maximum atomic E-state index is 12.5. The van der Waals surface area contributed by atoms with Crippen molar-refractivity contribution < 1.29 is 14.3 Å². The van der Waals surface area contributed by atoms with Gasteiger partial charge in [0.2, 0.25) is 5.91 Å². The minimum Gasteiger partial charge on any atom is -0.371 e. The van der Waals surface area contributed by atoms with Crippen LogP contribution in [0.3, 0.4) is 0 Å². The molecule has 6 rings (SSSR count). The Hall–Kier alpha value is -3.73. The van der Waals surface area contributed by atoms with E-state index >= 15 is 0 Å². The third-order valence-corrected chi connectivity index (χ3v) is 8.02. The fraction of sp³-hybridized carbons (Fsp3) is 0.536. The van der Waals surface area contributed by atoms with Gasteiger partial charge in [-0.05, 0) is 49.9 Å². The smallest absolute Gasteiger partial charge is 0.318 e. The number of likely N-dealkylation sites (tertiary alicyclic amines) is 1. The molecule has 0 radical (unpaired) electrons. The second-order valence-electron chi connectivity index (χ2n) is 11.1. The molecule has 0 aliphatic carbocycles. The molecule has 11 nitrogen and oxygen atoms in total. The van der Waals surface area contributed by atoms with E-state index in [0.717, 1.165) is 74.3 Å². The molecule has 3 fully saturated rings. The van der Waals surface area contributed by atoms with E-state index < -0.39 is 0 Å². The number of piperidine rings is 1. The summed E-state index contributed by atoms with van der Waals surface area (Å²) in [6.07, 6.45) is 6.18. The number of rotatable bonds is 5. The van der Waals surface area contributed by atoms with Crippen LogP contribution >= 0.6 is 0 Å². The van der Waals surface area contributed by atoms with E-state index in [-0.39, 0.29) is 36.1 Å². The maximum absolute atomic E-state index is 12.5. The maximum Gasteiger partial charge on any atom is 0.318 e. The summed E-state index contributed by atoms with van der Waals surface area (Å²) >= 11 is 0. The van der Waals surface area contributed by atoms with E-state index in [0.29, 0.717) is 11.5 Å². The summed E-state index contributed by atoms with van der Waals surface area (Å²) in [5, 5.41) is 11.1. The topological polar surface area (TPSA) is 118 Å². The Morgan fingerprint density at radius 2 is 1.69 bits per heavy atom. The zero-order chi connectivity index (χ0) is 27.1. The van der Waals surface area contributed by atoms with Crippen molar-refractivity contribution >= 4 is 34.5 Å². The molecule has 2 atom stereocenters. The molecule has 2 unspecified atom stereocenters. The quantitative estimate of drug-likeness (QED) is 0.517. The number of anilines is 2. The molecule has 206 valence electrons. The number of benzene rings is 1. The van der Waals surface area contributed by atoms with Crippen molar-refractivity contribution in [2.45, 2.75) is 57.8 Å². The molecule has 1 aromatic carbocycles. The van der Waals surface area contributed by atoms with E-state index in [1.165, 1.54) is 0 Å². The summed E-state index contributed by atoms with van der Waals surface area (Å²) in [5.41, 5.74) is 2.37. The normalized spacial score (nSPS) is 21.5. The second kappa shape index (κ2) is 10.4. The van der Waals surface area contributed by atoms with Gasteiger partial charge in [0, 0.05) is 50.4 Å². The summed E-state index contributed by atoms with van der Waals surface area (Å²) in [6.45, 7) is 6.96. The van der Waals surface area contributed by atoms with Gasteiger partial charge in [0.15, 0.2) is 11.5 Å². The molecule has 39 heavy (non-hydrogen) atoms. The first kappa shape index (κ1) is 25.5. The Morgan fingerprint density at radius 1 is 1.00 bits per heavy atom. The van der Waals surface area contributed by atoms with E-state index in [1.807, 2.05) is 53.9 Å². The molecule has 0 spiro atoms. The van der Waals surface area contributed by atoms with Gasteiger partial charge in [0.05, 0.1) is 29.8 Å². The highest BCUT2D eigenvalue weighted by molar-refractivity contribution is 5.90. The first-order chi connectivity index (χ1) is 18.9. The van der Waals surface area contributed by atoms with Crippen molar-refractivity contribution in [3.63, 3.8) is 0 Å². The molecule has 2 aromatic heterocycles. The molecule has 3 saturated heterocycles. The third-order valence-electron chi connectivity index (χ3n) is 8.02. The number of aromatic nitrogens is 4. The Bertz CT molecular complexity index is 1350. The standard InChI is InChI=1S/C28H36N8O3/c1-17(2)27(37)34-12-10-20(11-13-34)36-26-23(14-30-36)25(35-15-21-8-9-22(16-35)39-21)32-24(33-26)18-4-6-19(7-5-18)31-28(38)29-3/h4-7,14,17,20-22H,8-13,15-16H2,1-3H3,(H2,29,31,38). The van der Waals surface area contributed by atoms with Gasteiger partial charge in [-0.1, -0.05) is 13.8 Å². The number of hydrogen-bond acceptors (Lipinski definition) is 7.